The molecule has 10 heteroatoms. The number of thioether (sulfide) groups is 1. The molecule has 2 aromatic rings. The van der Waals surface area contributed by atoms with Gasteiger partial charge in [-0.2, -0.15) is 5.10 Å². The molecule has 4 N–H and O–H groups in total. The molecular formula is C19H22F3N5OS. The Morgan fingerprint density at radius 3 is 2.69 bits per heavy atom. The molecule has 4 rings (SSSR count). The minimum atomic E-state index is -1.24. The van der Waals surface area contributed by atoms with Crippen molar-refractivity contribution in [1.29, 1.82) is 0 Å². The summed E-state index contributed by atoms with van der Waals surface area (Å²) >= 11 is 1.15. The predicted molar refractivity (Wildman–Crippen MR) is 105 cm³/mol. The maximum Gasteiger partial charge on any atom is 0.138 e. The zero-order valence-electron chi connectivity index (χ0n) is 15.8. The smallest absolute Gasteiger partial charge is 0.138 e. The lowest BCUT2D eigenvalue weighted by Crippen LogP contribution is -2.32. The van der Waals surface area contributed by atoms with Gasteiger partial charge in [-0.3, -0.25) is 4.68 Å². The lowest BCUT2D eigenvalue weighted by Gasteiger charge is -2.27. The summed E-state index contributed by atoms with van der Waals surface area (Å²) in [5, 5.41) is 3.99. The second-order valence-electron chi connectivity index (χ2n) is 7.16. The highest BCUT2D eigenvalue weighted by atomic mass is 32.2. The summed E-state index contributed by atoms with van der Waals surface area (Å²) in [7, 11) is 1.74. The van der Waals surface area contributed by atoms with Crippen LogP contribution >= 0.6 is 11.8 Å². The standard InChI is InChI=1S/C19H22F3N5OS/c1-26-18(15-6-5-13(23)12(22)9-28-15)14(7-25-26)27-8-16(24)29-19(27)17-10(20)3-2-4-11(17)21/h2-4,7-8,12-13,15,19H,5-6,9,23-24H2,1H3. The molecule has 2 aliphatic heterocycles. The molecule has 29 heavy (non-hydrogen) atoms. The molecule has 0 aliphatic carbocycles. The summed E-state index contributed by atoms with van der Waals surface area (Å²) in [6, 6.07) is 3.16. The van der Waals surface area contributed by atoms with E-state index < -0.39 is 35.3 Å². The first-order valence-corrected chi connectivity index (χ1v) is 10.1. The van der Waals surface area contributed by atoms with Crippen LogP contribution in [0.5, 0.6) is 0 Å². The average molecular weight is 425 g/mol. The highest BCUT2D eigenvalue weighted by molar-refractivity contribution is 8.03. The van der Waals surface area contributed by atoms with Crippen LogP contribution in [0.2, 0.25) is 0 Å². The highest BCUT2D eigenvalue weighted by Crippen LogP contribution is 2.48. The Balaban J connectivity index is 1.73. The van der Waals surface area contributed by atoms with Crippen LogP contribution in [0.3, 0.4) is 0 Å². The van der Waals surface area contributed by atoms with Crippen LogP contribution in [0.15, 0.2) is 35.6 Å². The monoisotopic (exact) mass is 425 g/mol. The van der Waals surface area contributed by atoms with E-state index in [1.807, 2.05) is 0 Å². The van der Waals surface area contributed by atoms with Gasteiger partial charge < -0.3 is 21.1 Å². The molecule has 0 bridgehead atoms. The van der Waals surface area contributed by atoms with Crippen molar-refractivity contribution in [3.63, 3.8) is 0 Å². The fourth-order valence-corrected chi connectivity index (χ4v) is 4.79. The van der Waals surface area contributed by atoms with E-state index in [-0.39, 0.29) is 12.2 Å². The number of nitrogens with two attached hydrogens (primary N) is 2. The van der Waals surface area contributed by atoms with Crippen LogP contribution in [0.25, 0.3) is 0 Å². The van der Waals surface area contributed by atoms with Gasteiger partial charge in [0, 0.05) is 19.3 Å². The van der Waals surface area contributed by atoms with E-state index in [4.69, 9.17) is 16.2 Å². The average Bonchev–Trinajstić information content (AvgIpc) is 3.19. The largest absolute Gasteiger partial charge is 0.392 e. The first-order valence-electron chi connectivity index (χ1n) is 9.26. The number of alkyl halides is 1. The Bertz CT molecular complexity index is 904. The molecule has 0 radical (unpaired) electrons. The van der Waals surface area contributed by atoms with Crippen LogP contribution in [0.1, 0.15) is 35.6 Å². The number of benzene rings is 1. The molecule has 0 amide bonds. The molecule has 1 saturated heterocycles. The lowest BCUT2D eigenvalue weighted by atomic mass is 10.0. The third-order valence-corrected chi connectivity index (χ3v) is 6.31. The third kappa shape index (κ3) is 3.72. The maximum absolute atomic E-state index is 14.5. The molecule has 4 unspecified atom stereocenters. The van der Waals surface area contributed by atoms with Crippen molar-refractivity contribution in [2.75, 3.05) is 11.5 Å². The zero-order chi connectivity index (χ0) is 20.7. The van der Waals surface area contributed by atoms with E-state index in [1.54, 1.807) is 29.0 Å². The molecule has 0 spiro atoms. The maximum atomic E-state index is 14.5. The molecule has 3 heterocycles. The van der Waals surface area contributed by atoms with Gasteiger partial charge in [0.15, 0.2) is 0 Å². The van der Waals surface area contributed by atoms with Gasteiger partial charge in [0.1, 0.15) is 29.3 Å². The minimum absolute atomic E-state index is 0.0865. The fraction of sp³-hybridized carbons (Fsp3) is 0.421. The van der Waals surface area contributed by atoms with Gasteiger partial charge in [0.05, 0.1) is 34.8 Å². The number of aryl methyl sites for hydroxylation is 1. The van der Waals surface area contributed by atoms with Gasteiger partial charge in [-0.1, -0.05) is 17.8 Å². The lowest BCUT2D eigenvalue weighted by molar-refractivity contribution is 0.0246. The van der Waals surface area contributed by atoms with Crippen molar-refractivity contribution >= 4 is 17.4 Å². The van der Waals surface area contributed by atoms with Gasteiger partial charge in [0.25, 0.3) is 0 Å². The van der Waals surface area contributed by atoms with Gasteiger partial charge >= 0.3 is 0 Å². The van der Waals surface area contributed by atoms with Crippen LogP contribution in [-0.2, 0) is 11.8 Å². The number of anilines is 1. The van der Waals surface area contributed by atoms with E-state index >= 15 is 0 Å². The Kier molecular flexibility index (Phi) is 5.50. The fourth-order valence-electron chi connectivity index (χ4n) is 3.72. The Morgan fingerprint density at radius 1 is 1.24 bits per heavy atom. The Labute approximate surface area is 170 Å². The summed E-state index contributed by atoms with van der Waals surface area (Å²) in [6.45, 7) is -0.117. The van der Waals surface area contributed by atoms with Gasteiger partial charge in [-0.15, -0.1) is 0 Å². The SMILES string of the molecule is Cn1ncc(N2C=C(N)SC2c2c(F)cccc2F)c1C1CCC(N)C(F)CO1. The van der Waals surface area contributed by atoms with Crippen LogP contribution in [-0.4, -0.2) is 28.6 Å². The number of ether oxygens (including phenoxy) is 1. The molecule has 6 nitrogen and oxygen atoms in total. The first-order chi connectivity index (χ1) is 13.9. The van der Waals surface area contributed by atoms with E-state index in [2.05, 4.69) is 5.10 Å². The Hall–Kier alpha value is -2.17. The van der Waals surface area contributed by atoms with E-state index in [9.17, 15) is 13.2 Å². The summed E-state index contributed by atoms with van der Waals surface area (Å²) < 4.78 is 50.3. The number of nitrogens with zero attached hydrogens (tertiary/aromatic N) is 3. The zero-order valence-corrected chi connectivity index (χ0v) is 16.6. The quantitative estimate of drug-likeness (QED) is 0.786. The van der Waals surface area contributed by atoms with E-state index in [0.29, 0.717) is 29.3 Å². The predicted octanol–water partition coefficient (Wildman–Crippen LogP) is 3.22. The molecular weight excluding hydrogens is 403 g/mol. The molecule has 156 valence electrons. The molecule has 0 saturated carbocycles. The molecule has 1 aromatic heterocycles. The van der Waals surface area contributed by atoms with Crippen molar-refractivity contribution in [3.8, 4) is 0 Å². The van der Waals surface area contributed by atoms with E-state index in [0.717, 1.165) is 11.8 Å². The minimum Gasteiger partial charge on any atom is -0.392 e. The Morgan fingerprint density at radius 2 is 1.97 bits per heavy atom. The molecule has 1 fully saturated rings. The topological polar surface area (TPSA) is 82.3 Å². The van der Waals surface area contributed by atoms with Gasteiger partial charge in [-0.05, 0) is 25.0 Å². The summed E-state index contributed by atoms with van der Waals surface area (Å²) in [5.74, 6) is -1.31. The highest BCUT2D eigenvalue weighted by Gasteiger charge is 2.36. The van der Waals surface area contributed by atoms with Crippen molar-refractivity contribution < 1.29 is 17.9 Å². The number of halogens is 3. The van der Waals surface area contributed by atoms with Gasteiger partial charge in [0.2, 0.25) is 0 Å². The number of rotatable bonds is 3. The first kappa shape index (κ1) is 20.1. The molecule has 4 atom stereocenters. The van der Waals surface area contributed by atoms with Crippen molar-refractivity contribution in [2.45, 2.75) is 36.5 Å². The number of hydrogen-bond donors (Lipinski definition) is 2. The normalized spacial score (nSPS) is 27.8. The van der Waals surface area contributed by atoms with Crippen molar-refractivity contribution in [3.05, 3.63) is 58.5 Å². The third-order valence-electron chi connectivity index (χ3n) is 5.24. The van der Waals surface area contributed by atoms with Crippen molar-refractivity contribution in [2.24, 2.45) is 18.5 Å². The second-order valence-corrected chi connectivity index (χ2v) is 8.32. The number of hydrogen-bond acceptors (Lipinski definition) is 6. The van der Waals surface area contributed by atoms with Crippen LogP contribution in [0, 0.1) is 11.6 Å². The van der Waals surface area contributed by atoms with Crippen LogP contribution < -0.4 is 16.4 Å². The van der Waals surface area contributed by atoms with Crippen molar-refractivity contribution in [1.82, 2.24) is 9.78 Å². The van der Waals surface area contributed by atoms with Gasteiger partial charge in [-0.25, -0.2) is 13.2 Å². The molecule has 1 aromatic carbocycles. The number of aromatic nitrogens is 2. The molecule has 2 aliphatic rings. The summed E-state index contributed by atoms with van der Waals surface area (Å²) in [4.78, 5) is 1.69. The summed E-state index contributed by atoms with van der Waals surface area (Å²) in [6.07, 6.45) is 2.49. The van der Waals surface area contributed by atoms with Crippen LogP contribution in [0.4, 0.5) is 18.9 Å². The van der Waals surface area contributed by atoms with E-state index in [1.165, 1.54) is 18.2 Å². The second kappa shape index (κ2) is 7.92. The summed E-state index contributed by atoms with van der Waals surface area (Å²) in [5.41, 5.74) is 13.0.